The Morgan fingerprint density at radius 3 is 2.27 bits per heavy atom. The van der Waals surface area contributed by atoms with Gasteiger partial charge in [-0.2, -0.15) is 0 Å². The topological polar surface area (TPSA) is 9.23 Å². The molecule has 0 N–H and O–H groups in total. The second-order valence-electron chi connectivity index (χ2n) is 5.52. The first kappa shape index (κ1) is 12.2. The van der Waals surface area contributed by atoms with Crippen molar-refractivity contribution in [3.05, 3.63) is 0 Å². The van der Waals surface area contributed by atoms with Crippen molar-refractivity contribution >= 4 is 22.6 Å². The molecule has 0 aromatic rings. The largest absolute Gasteiger partial charge is 0.371 e. The summed E-state index contributed by atoms with van der Waals surface area (Å²) in [6.45, 7) is 2.38. The van der Waals surface area contributed by atoms with Gasteiger partial charge in [0, 0.05) is 4.43 Å². The third-order valence-corrected chi connectivity index (χ3v) is 5.54. The van der Waals surface area contributed by atoms with Crippen molar-refractivity contribution in [3.8, 4) is 0 Å². The molecule has 2 aliphatic rings. The van der Waals surface area contributed by atoms with E-state index in [9.17, 15) is 0 Å². The fourth-order valence-corrected chi connectivity index (χ4v) is 3.87. The van der Waals surface area contributed by atoms with Crippen molar-refractivity contribution in [1.29, 1.82) is 0 Å². The molecule has 0 aromatic heterocycles. The minimum Gasteiger partial charge on any atom is -0.371 e. The maximum absolute atomic E-state index is 6.43. The van der Waals surface area contributed by atoms with Gasteiger partial charge in [0.2, 0.25) is 0 Å². The molecule has 0 unspecified atom stereocenters. The van der Waals surface area contributed by atoms with E-state index in [4.69, 9.17) is 4.74 Å². The zero-order valence-corrected chi connectivity index (χ0v) is 12.0. The standard InChI is InChI=1S/C13H23IO/c1-11-6-8-13(10-14,9-7-11)15-12-4-2-3-5-12/h11-12H,2-10H2,1H3. The highest BCUT2D eigenvalue weighted by molar-refractivity contribution is 14.1. The summed E-state index contributed by atoms with van der Waals surface area (Å²) >= 11 is 2.53. The Kier molecular flexibility index (Phi) is 4.33. The van der Waals surface area contributed by atoms with Crippen LogP contribution < -0.4 is 0 Å². The van der Waals surface area contributed by atoms with Gasteiger partial charge >= 0.3 is 0 Å². The van der Waals surface area contributed by atoms with Gasteiger partial charge in [-0.15, -0.1) is 0 Å². The molecule has 0 bridgehead atoms. The molecule has 0 aliphatic heterocycles. The van der Waals surface area contributed by atoms with E-state index in [0.717, 1.165) is 5.92 Å². The number of ether oxygens (including phenoxy) is 1. The van der Waals surface area contributed by atoms with Crippen LogP contribution in [0.4, 0.5) is 0 Å². The van der Waals surface area contributed by atoms with Crippen LogP contribution in [0.2, 0.25) is 0 Å². The molecule has 0 amide bonds. The quantitative estimate of drug-likeness (QED) is 0.555. The molecule has 1 nitrogen and oxygen atoms in total. The summed E-state index contributed by atoms with van der Waals surface area (Å²) in [5, 5.41) is 0. The smallest absolute Gasteiger partial charge is 0.0775 e. The van der Waals surface area contributed by atoms with E-state index >= 15 is 0 Å². The molecule has 88 valence electrons. The van der Waals surface area contributed by atoms with E-state index in [-0.39, 0.29) is 5.60 Å². The number of rotatable bonds is 3. The predicted molar refractivity (Wildman–Crippen MR) is 72.6 cm³/mol. The first-order valence-corrected chi connectivity index (χ1v) is 8.00. The summed E-state index contributed by atoms with van der Waals surface area (Å²) in [5.74, 6) is 0.924. The SMILES string of the molecule is CC1CCC(CI)(OC2CCCC2)CC1. The van der Waals surface area contributed by atoms with Crippen LogP contribution in [0.1, 0.15) is 58.3 Å². The summed E-state index contributed by atoms with van der Waals surface area (Å²) in [6, 6.07) is 0. The Balaban J connectivity index is 1.89. The van der Waals surface area contributed by atoms with Crippen molar-refractivity contribution in [2.45, 2.75) is 70.0 Å². The Bertz CT molecular complexity index is 191. The van der Waals surface area contributed by atoms with Gasteiger partial charge in [0.25, 0.3) is 0 Å². The molecule has 0 aromatic carbocycles. The van der Waals surface area contributed by atoms with Gasteiger partial charge in [0.15, 0.2) is 0 Å². The van der Waals surface area contributed by atoms with E-state index in [1.54, 1.807) is 0 Å². The molecule has 0 heterocycles. The molecule has 0 spiro atoms. The molecule has 2 rings (SSSR count). The lowest BCUT2D eigenvalue weighted by molar-refractivity contribution is -0.0990. The van der Waals surface area contributed by atoms with Crippen LogP contribution in [0.15, 0.2) is 0 Å². The van der Waals surface area contributed by atoms with Gasteiger partial charge in [-0.05, 0) is 44.4 Å². The highest BCUT2D eigenvalue weighted by Gasteiger charge is 2.36. The summed E-state index contributed by atoms with van der Waals surface area (Å²) < 4.78 is 7.62. The number of hydrogen-bond acceptors (Lipinski definition) is 1. The van der Waals surface area contributed by atoms with Crippen molar-refractivity contribution < 1.29 is 4.74 Å². The van der Waals surface area contributed by atoms with Gasteiger partial charge in [-0.3, -0.25) is 0 Å². The van der Waals surface area contributed by atoms with Gasteiger partial charge < -0.3 is 4.74 Å². The molecular formula is C13H23IO. The van der Waals surface area contributed by atoms with Crippen LogP contribution in [-0.2, 0) is 4.74 Å². The first-order valence-electron chi connectivity index (χ1n) is 6.48. The minimum atomic E-state index is 0.252. The van der Waals surface area contributed by atoms with E-state index in [1.807, 2.05) is 0 Å². The summed E-state index contributed by atoms with van der Waals surface area (Å²) in [6.07, 6.45) is 11.3. The molecule has 2 aliphatic carbocycles. The predicted octanol–water partition coefficient (Wildman–Crippen LogP) is 4.33. The van der Waals surface area contributed by atoms with Gasteiger partial charge in [0.05, 0.1) is 11.7 Å². The molecule has 0 atom stereocenters. The van der Waals surface area contributed by atoms with Gasteiger partial charge in [-0.1, -0.05) is 42.4 Å². The van der Waals surface area contributed by atoms with Gasteiger partial charge in [0.1, 0.15) is 0 Å². The highest BCUT2D eigenvalue weighted by atomic mass is 127. The Labute approximate surface area is 107 Å². The van der Waals surface area contributed by atoms with E-state index in [1.165, 1.54) is 55.8 Å². The Morgan fingerprint density at radius 2 is 1.73 bits per heavy atom. The number of halogens is 1. The molecule has 2 heteroatoms. The highest BCUT2D eigenvalue weighted by Crippen LogP contribution is 2.39. The maximum atomic E-state index is 6.43. The number of alkyl halides is 1. The molecule has 0 saturated heterocycles. The maximum Gasteiger partial charge on any atom is 0.0775 e. The average Bonchev–Trinajstić information content (AvgIpc) is 2.75. The van der Waals surface area contributed by atoms with E-state index < -0.39 is 0 Å². The zero-order valence-electron chi connectivity index (χ0n) is 9.80. The molecule has 2 saturated carbocycles. The monoisotopic (exact) mass is 322 g/mol. The van der Waals surface area contributed by atoms with Crippen LogP contribution in [-0.4, -0.2) is 16.1 Å². The summed E-state index contributed by atoms with van der Waals surface area (Å²) in [5.41, 5.74) is 0.252. The van der Waals surface area contributed by atoms with Crippen LogP contribution in [0.25, 0.3) is 0 Å². The van der Waals surface area contributed by atoms with Gasteiger partial charge in [-0.25, -0.2) is 0 Å². The lowest BCUT2D eigenvalue weighted by atomic mass is 9.80. The van der Waals surface area contributed by atoms with Crippen LogP contribution >= 0.6 is 22.6 Å². The average molecular weight is 322 g/mol. The molecule has 15 heavy (non-hydrogen) atoms. The lowest BCUT2D eigenvalue weighted by Crippen LogP contribution is -2.41. The van der Waals surface area contributed by atoms with Crippen LogP contribution in [0, 0.1) is 5.92 Å². The molecule has 0 radical (unpaired) electrons. The Morgan fingerprint density at radius 1 is 1.13 bits per heavy atom. The third-order valence-electron chi connectivity index (χ3n) is 4.15. The third kappa shape index (κ3) is 3.09. The fraction of sp³-hybridized carbons (Fsp3) is 1.00. The second-order valence-corrected chi connectivity index (χ2v) is 6.29. The normalized spacial score (nSPS) is 38.4. The molecular weight excluding hydrogens is 299 g/mol. The van der Waals surface area contributed by atoms with Crippen molar-refractivity contribution in [3.63, 3.8) is 0 Å². The summed E-state index contributed by atoms with van der Waals surface area (Å²) in [7, 11) is 0. The Hall–Kier alpha value is 0.690. The van der Waals surface area contributed by atoms with Crippen LogP contribution in [0.3, 0.4) is 0 Å². The van der Waals surface area contributed by atoms with E-state index in [0.29, 0.717) is 6.10 Å². The van der Waals surface area contributed by atoms with E-state index in [2.05, 4.69) is 29.5 Å². The zero-order chi connectivity index (χ0) is 10.7. The van der Waals surface area contributed by atoms with Crippen molar-refractivity contribution in [2.75, 3.05) is 4.43 Å². The van der Waals surface area contributed by atoms with Crippen molar-refractivity contribution in [2.24, 2.45) is 5.92 Å². The molecule has 2 fully saturated rings. The van der Waals surface area contributed by atoms with Crippen molar-refractivity contribution in [1.82, 2.24) is 0 Å². The lowest BCUT2D eigenvalue weighted by Gasteiger charge is -2.40. The fourth-order valence-electron chi connectivity index (χ4n) is 2.93. The second kappa shape index (κ2) is 5.35. The van der Waals surface area contributed by atoms with Crippen LogP contribution in [0.5, 0.6) is 0 Å². The first-order chi connectivity index (χ1) is 7.24. The summed E-state index contributed by atoms with van der Waals surface area (Å²) in [4.78, 5) is 0. The number of hydrogen-bond donors (Lipinski definition) is 0. The minimum absolute atomic E-state index is 0.252.